The van der Waals surface area contributed by atoms with E-state index in [1.165, 1.54) is 46.4 Å². The van der Waals surface area contributed by atoms with E-state index >= 15 is 0 Å². The third-order valence-electron chi connectivity index (χ3n) is 6.98. The van der Waals surface area contributed by atoms with Crippen LogP contribution in [0.3, 0.4) is 0 Å². The fraction of sp³-hybridized carbons (Fsp3) is 0.378. The van der Waals surface area contributed by atoms with E-state index in [0.717, 1.165) is 40.9 Å². The second-order valence-electron chi connectivity index (χ2n) is 10.1. The molecule has 1 unspecified atom stereocenters. The van der Waals surface area contributed by atoms with Gasteiger partial charge in [0.25, 0.3) is 0 Å². The van der Waals surface area contributed by atoms with Crippen LogP contribution in [0.4, 0.5) is 0 Å². The van der Waals surface area contributed by atoms with Crippen molar-refractivity contribution in [1.82, 2.24) is 4.98 Å². The maximum atomic E-state index is 5.95. The zero-order valence-electron chi connectivity index (χ0n) is 25.5. The van der Waals surface area contributed by atoms with Gasteiger partial charge in [-0.25, -0.2) is 0 Å². The number of hydrogen-bond acceptors (Lipinski definition) is 2. The Morgan fingerprint density at radius 3 is 2.31 bits per heavy atom. The Balaban J connectivity index is 0.000000686. The summed E-state index contributed by atoms with van der Waals surface area (Å²) < 4.78 is 0. The van der Waals surface area contributed by atoms with Crippen LogP contribution in [0.5, 0.6) is 0 Å². The van der Waals surface area contributed by atoms with Crippen molar-refractivity contribution in [3.05, 3.63) is 100 Å². The van der Waals surface area contributed by atoms with E-state index in [4.69, 9.17) is 10.7 Å². The van der Waals surface area contributed by atoms with Crippen molar-refractivity contribution in [2.75, 3.05) is 0 Å². The maximum Gasteiger partial charge on any atom is 0.0705 e. The Bertz CT molecular complexity index is 1360. The lowest BCUT2D eigenvalue weighted by Gasteiger charge is -2.15. The molecule has 208 valence electrons. The fourth-order valence-corrected chi connectivity index (χ4v) is 4.79. The number of unbranched alkanes of at least 4 members (excludes halogenated alkanes) is 2. The Labute approximate surface area is 238 Å². The second-order valence-corrected chi connectivity index (χ2v) is 10.1. The summed E-state index contributed by atoms with van der Waals surface area (Å²) in [6.45, 7) is 19.8. The lowest BCUT2D eigenvalue weighted by molar-refractivity contribution is 0.636. The van der Waals surface area contributed by atoms with Crippen LogP contribution in [-0.4, -0.2) is 4.98 Å². The van der Waals surface area contributed by atoms with Crippen molar-refractivity contribution < 1.29 is 0 Å². The fourth-order valence-electron chi connectivity index (χ4n) is 4.79. The standard InChI is InChI=1S/C30H32N2.C5H12.C2H6/c1-5-27(22(4)30-11-6-8-21(3)32-30)26-17-25-14-12-20(2)13-15-28(25)29(18-26)24-10-7-9-23(16-24)19-31;1-3-5-4-2;1-2/h5-11,14-18,20H,4,12-13,19,31H2,1-3H3;3-5H2,1-2H3;1-2H3/b27-5+;;. The number of rotatable bonds is 7. The summed E-state index contributed by atoms with van der Waals surface area (Å²) in [6.07, 6.45) is 13.2. The number of aryl methyl sites for hydroxylation is 1. The summed E-state index contributed by atoms with van der Waals surface area (Å²) in [5.41, 5.74) is 14.7. The molecule has 2 N–H and O–H groups in total. The Kier molecular flexibility index (Phi) is 13.7. The van der Waals surface area contributed by atoms with Gasteiger partial charge in [-0.05, 0) is 101 Å². The predicted octanol–water partition coefficient (Wildman–Crippen LogP) is 8.85. The molecule has 39 heavy (non-hydrogen) atoms. The molecule has 1 aliphatic rings. The summed E-state index contributed by atoms with van der Waals surface area (Å²) in [6, 6.07) is 19.3. The van der Waals surface area contributed by atoms with Gasteiger partial charge in [-0.15, -0.1) is 0 Å². The Morgan fingerprint density at radius 1 is 1.00 bits per heavy atom. The highest BCUT2D eigenvalue weighted by Gasteiger charge is 2.14. The highest BCUT2D eigenvalue weighted by Crippen LogP contribution is 2.30. The van der Waals surface area contributed by atoms with E-state index in [0.29, 0.717) is 12.5 Å². The molecule has 1 aromatic heterocycles. The van der Waals surface area contributed by atoms with Crippen molar-refractivity contribution in [1.29, 1.82) is 0 Å². The molecule has 0 amide bonds. The quantitative estimate of drug-likeness (QED) is 0.315. The molecule has 2 nitrogen and oxygen atoms in total. The SMILES string of the molecule is C=C(/C(=C\C)c1cc(-c2cccc(CN)c2)c2c(c1)=CCC(C)CC=2)c1cccc(C)n1.CC.CCCCC. The average Bonchev–Trinajstić information content (AvgIpc) is 3.16. The highest BCUT2D eigenvalue weighted by molar-refractivity contribution is 6.03. The Hall–Kier alpha value is -3.23. The summed E-state index contributed by atoms with van der Waals surface area (Å²) in [5.74, 6) is 0.640. The van der Waals surface area contributed by atoms with Gasteiger partial charge >= 0.3 is 0 Å². The molecular formula is C37H50N2. The van der Waals surface area contributed by atoms with E-state index in [2.05, 4.69) is 88.9 Å². The molecule has 0 aliphatic heterocycles. The van der Waals surface area contributed by atoms with E-state index in [-0.39, 0.29) is 0 Å². The summed E-state index contributed by atoms with van der Waals surface area (Å²) >= 11 is 0. The van der Waals surface area contributed by atoms with E-state index in [1.54, 1.807) is 0 Å². The number of hydrogen-bond donors (Lipinski definition) is 1. The molecule has 3 aromatic rings. The monoisotopic (exact) mass is 522 g/mol. The summed E-state index contributed by atoms with van der Waals surface area (Å²) in [7, 11) is 0. The first kappa shape index (κ1) is 32.0. The molecule has 2 heteroatoms. The van der Waals surface area contributed by atoms with E-state index in [1.807, 2.05) is 39.0 Å². The normalized spacial score (nSPS) is 14.3. The zero-order valence-corrected chi connectivity index (χ0v) is 25.5. The summed E-state index contributed by atoms with van der Waals surface area (Å²) in [5, 5.41) is 2.62. The van der Waals surface area contributed by atoms with Gasteiger partial charge in [-0.1, -0.05) is 103 Å². The van der Waals surface area contributed by atoms with Crippen LogP contribution in [0.2, 0.25) is 0 Å². The number of allylic oxidation sites excluding steroid dienone is 3. The van der Waals surface area contributed by atoms with Crippen molar-refractivity contribution in [3.8, 4) is 11.1 Å². The van der Waals surface area contributed by atoms with Crippen molar-refractivity contribution in [3.63, 3.8) is 0 Å². The third-order valence-corrected chi connectivity index (χ3v) is 6.98. The number of nitrogens with zero attached hydrogens (tertiary/aromatic N) is 1. The smallest absolute Gasteiger partial charge is 0.0705 e. The molecule has 1 heterocycles. The molecule has 2 aromatic carbocycles. The minimum Gasteiger partial charge on any atom is -0.326 e. The molecule has 0 saturated heterocycles. The van der Waals surface area contributed by atoms with Crippen LogP contribution < -0.4 is 16.2 Å². The maximum absolute atomic E-state index is 5.95. The minimum atomic E-state index is 0.540. The van der Waals surface area contributed by atoms with Gasteiger partial charge < -0.3 is 5.73 Å². The topological polar surface area (TPSA) is 38.9 Å². The van der Waals surface area contributed by atoms with Crippen LogP contribution in [0.1, 0.15) is 96.2 Å². The van der Waals surface area contributed by atoms with Crippen LogP contribution in [0.15, 0.2) is 67.3 Å². The van der Waals surface area contributed by atoms with Gasteiger partial charge in [-0.3, -0.25) is 4.98 Å². The van der Waals surface area contributed by atoms with Gasteiger partial charge in [0.05, 0.1) is 5.69 Å². The molecule has 4 rings (SSSR count). The minimum absolute atomic E-state index is 0.540. The number of benzene rings is 2. The first-order valence-electron chi connectivity index (χ1n) is 14.9. The summed E-state index contributed by atoms with van der Waals surface area (Å²) in [4.78, 5) is 4.71. The first-order valence-corrected chi connectivity index (χ1v) is 14.9. The highest BCUT2D eigenvalue weighted by atomic mass is 14.7. The van der Waals surface area contributed by atoms with E-state index in [9.17, 15) is 0 Å². The van der Waals surface area contributed by atoms with Gasteiger partial charge in [0.2, 0.25) is 0 Å². The molecule has 1 aliphatic carbocycles. The molecule has 0 radical (unpaired) electrons. The largest absolute Gasteiger partial charge is 0.326 e. The lowest BCUT2D eigenvalue weighted by Crippen LogP contribution is -2.27. The number of fused-ring (bicyclic) bond motifs is 1. The van der Waals surface area contributed by atoms with Crippen LogP contribution in [-0.2, 0) is 6.54 Å². The van der Waals surface area contributed by atoms with Crippen LogP contribution in [0.25, 0.3) is 34.4 Å². The van der Waals surface area contributed by atoms with Crippen LogP contribution >= 0.6 is 0 Å². The van der Waals surface area contributed by atoms with Gasteiger partial charge in [0.15, 0.2) is 0 Å². The molecule has 0 bridgehead atoms. The van der Waals surface area contributed by atoms with Crippen molar-refractivity contribution in [2.45, 2.75) is 87.1 Å². The first-order chi connectivity index (χ1) is 18.9. The number of aromatic nitrogens is 1. The number of pyridine rings is 1. The van der Waals surface area contributed by atoms with E-state index < -0.39 is 0 Å². The number of nitrogens with two attached hydrogens (primary N) is 1. The molecule has 0 fully saturated rings. The lowest BCUT2D eigenvalue weighted by atomic mass is 9.90. The molecule has 0 spiro atoms. The van der Waals surface area contributed by atoms with Crippen molar-refractivity contribution in [2.24, 2.45) is 11.7 Å². The Morgan fingerprint density at radius 2 is 1.69 bits per heavy atom. The van der Waals surface area contributed by atoms with Crippen molar-refractivity contribution >= 4 is 23.3 Å². The molecule has 0 saturated carbocycles. The van der Waals surface area contributed by atoms with Crippen LogP contribution in [0, 0.1) is 12.8 Å². The third kappa shape index (κ3) is 8.90. The average molecular weight is 523 g/mol. The molecule has 1 atom stereocenters. The zero-order chi connectivity index (χ0) is 28.8. The van der Waals surface area contributed by atoms with Gasteiger partial charge in [0, 0.05) is 17.8 Å². The van der Waals surface area contributed by atoms with Gasteiger partial charge in [-0.2, -0.15) is 0 Å². The predicted molar refractivity (Wildman–Crippen MR) is 175 cm³/mol. The van der Waals surface area contributed by atoms with Gasteiger partial charge in [0.1, 0.15) is 0 Å². The second kappa shape index (κ2) is 16.7. The molecular weight excluding hydrogens is 472 g/mol.